The van der Waals surface area contributed by atoms with Gasteiger partial charge in [-0.2, -0.15) is 0 Å². The van der Waals surface area contributed by atoms with E-state index in [4.69, 9.17) is 11.6 Å². The highest BCUT2D eigenvalue weighted by atomic mass is 35.5. The van der Waals surface area contributed by atoms with Gasteiger partial charge in [-0.15, -0.1) is 11.3 Å². The number of halogens is 1. The molecule has 0 saturated carbocycles. The lowest BCUT2D eigenvalue weighted by molar-refractivity contribution is 0.0902. The molecule has 1 aliphatic heterocycles. The molecule has 2 aromatic rings. The maximum Gasteiger partial charge on any atom is 0.195 e. The normalized spacial score (nSPS) is 16.8. The molecule has 0 aliphatic carbocycles. The van der Waals surface area contributed by atoms with Crippen molar-refractivity contribution >= 4 is 28.7 Å². The first-order valence-corrected chi connectivity index (χ1v) is 8.81. The van der Waals surface area contributed by atoms with Gasteiger partial charge in [-0.25, -0.2) is 4.98 Å². The van der Waals surface area contributed by atoms with Gasteiger partial charge in [0, 0.05) is 23.7 Å². The molecule has 2 heterocycles. The van der Waals surface area contributed by atoms with Crippen molar-refractivity contribution in [1.29, 1.82) is 0 Å². The molecule has 1 unspecified atom stereocenters. The van der Waals surface area contributed by atoms with E-state index in [1.54, 1.807) is 6.20 Å². The number of Topliss-reactive ketones (excluding diaryl/α,β-unsaturated/α-hetero) is 1. The number of likely N-dealkylation sites (tertiary alicyclic amines) is 1. The van der Waals surface area contributed by atoms with Gasteiger partial charge in [0.1, 0.15) is 0 Å². The smallest absolute Gasteiger partial charge is 0.195 e. The molecule has 116 valence electrons. The number of hydrogen-bond acceptors (Lipinski definition) is 4. The Kier molecular flexibility index (Phi) is 4.91. The van der Waals surface area contributed by atoms with Crippen LogP contribution in [-0.2, 0) is 0 Å². The summed E-state index contributed by atoms with van der Waals surface area (Å²) in [5.41, 5.74) is 1.05. The molecular weight excluding hydrogens is 316 g/mol. The van der Waals surface area contributed by atoms with E-state index in [0.717, 1.165) is 30.1 Å². The summed E-state index contributed by atoms with van der Waals surface area (Å²) in [6.07, 6.45) is 4.28. The van der Waals surface area contributed by atoms with Crippen LogP contribution in [0.5, 0.6) is 0 Å². The van der Waals surface area contributed by atoms with Crippen molar-refractivity contribution in [3.8, 4) is 10.4 Å². The molecular formula is C17H19ClN2OS. The van der Waals surface area contributed by atoms with E-state index in [1.807, 2.05) is 31.2 Å². The molecule has 0 spiro atoms. The van der Waals surface area contributed by atoms with Gasteiger partial charge in [-0.3, -0.25) is 4.79 Å². The fraction of sp³-hybridized carbons (Fsp3) is 0.412. The van der Waals surface area contributed by atoms with Gasteiger partial charge in [0.15, 0.2) is 10.8 Å². The lowest BCUT2D eigenvalue weighted by atomic mass is 10.1. The van der Waals surface area contributed by atoms with Gasteiger partial charge >= 0.3 is 0 Å². The number of carbonyl (C=O) groups is 1. The Hall–Kier alpha value is -1.23. The summed E-state index contributed by atoms with van der Waals surface area (Å²) in [5, 5.41) is 1.32. The van der Waals surface area contributed by atoms with Crippen molar-refractivity contribution in [3.63, 3.8) is 0 Å². The third-order valence-electron chi connectivity index (χ3n) is 4.02. The SMILES string of the molecule is CC(CN1CCCC1)C(=O)c1ncc(-c2ccc(Cl)cc2)s1. The van der Waals surface area contributed by atoms with E-state index in [2.05, 4.69) is 9.88 Å². The molecule has 0 amide bonds. The maximum absolute atomic E-state index is 12.5. The summed E-state index contributed by atoms with van der Waals surface area (Å²) in [5.74, 6) is 0.152. The average Bonchev–Trinajstić information content (AvgIpc) is 3.18. The van der Waals surface area contributed by atoms with Gasteiger partial charge in [0.05, 0.1) is 4.88 Å². The molecule has 1 aromatic carbocycles. The molecule has 1 aromatic heterocycles. The number of hydrogen-bond donors (Lipinski definition) is 0. The zero-order chi connectivity index (χ0) is 15.5. The fourth-order valence-electron chi connectivity index (χ4n) is 2.78. The summed E-state index contributed by atoms with van der Waals surface area (Å²) >= 11 is 7.37. The summed E-state index contributed by atoms with van der Waals surface area (Å²) in [6.45, 7) is 5.08. The summed E-state index contributed by atoms with van der Waals surface area (Å²) < 4.78 is 0. The third kappa shape index (κ3) is 3.57. The molecule has 5 heteroatoms. The highest BCUT2D eigenvalue weighted by molar-refractivity contribution is 7.17. The van der Waals surface area contributed by atoms with Crippen LogP contribution in [0.2, 0.25) is 5.02 Å². The minimum absolute atomic E-state index is 0.00215. The van der Waals surface area contributed by atoms with Gasteiger partial charge in [-0.1, -0.05) is 30.7 Å². The Morgan fingerprint density at radius 2 is 2.00 bits per heavy atom. The number of rotatable bonds is 5. The zero-order valence-corrected chi connectivity index (χ0v) is 14.2. The third-order valence-corrected chi connectivity index (χ3v) is 5.34. The van der Waals surface area contributed by atoms with Crippen molar-refractivity contribution in [2.24, 2.45) is 5.92 Å². The van der Waals surface area contributed by atoms with Gasteiger partial charge in [0.2, 0.25) is 0 Å². The number of nitrogens with zero attached hydrogens (tertiary/aromatic N) is 2. The molecule has 0 N–H and O–H groups in total. The molecule has 0 bridgehead atoms. The van der Waals surface area contributed by atoms with Crippen LogP contribution in [0.15, 0.2) is 30.5 Å². The Balaban J connectivity index is 1.69. The van der Waals surface area contributed by atoms with Gasteiger partial charge in [0.25, 0.3) is 0 Å². The van der Waals surface area contributed by atoms with Crippen LogP contribution in [0, 0.1) is 5.92 Å². The molecule has 22 heavy (non-hydrogen) atoms. The Bertz CT molecular complexity index is 647. The van der Waals surface area contributed by atoms with Crippen molar-refractivity contribution in [3.05, 3.63) is 40.5 Å². The molecule has 3 nitrogen and oxygen atoms in total. The van der Waals surface area contributed by atoms with Crippen LogP contribution in [0.1, 0.15) is 29.6 Å². The van der Waals surface area contributed by atoms with Crippen LogP contribution in [0.25, 0.3) is 10.4 Å². The average molecular weight is 335 g/mol. The predicted octanol–water partition coefficient (Wildman–Crippen LogP) is 4.38. The van der Waals surface area contributed by atoms with E-state index in [9.17, 15) is 4.79 Å². The second kappa shape index (κ2) is 6.90. The Labute approximate surface area is 139 Å². The fourth-order valence-corrected chi connectivity index (χ4v) is 3.88. The second-order valence-corrected chi connectivity index (χ2v) is 7.28. The van der Waals surface area contributed by atoms with Gasteiger partial charge < -0.3 is 4.90 Å². The van der Waals surface area contributed by atoms with E-state index in [1.165, 1.54) is 24.2 Å². The van der Waals surface area contributed by atoms with E-state index in [0.29, 0.717) is 10.0 Å². The van der Waals surface area contributed by atoms with Crippen molar-refractivity contribution in [2.45, 2.75) is 19.8 Å². The predicted molar refractivity (Wildman–Crippen MR) is 91.7 cm³/mol. The monoisotopic (exact) mass is 334 g/mol. The molecule has 0 radical (unpaired) electrons. The van der Waals surface area contributed by atoms with Crippen LogP contribution in [0.4, 0.5) is 0 Å². The number of aromatic nitrogens is 1. The van der Waals surface area contributed by atoms with Crippen molar-refractivity contribution in [2.75, 3.05) is 19.6 Å². The zero-order valence-electron chi connectivity index (χ0n) is 12.6. The molecule has 1 fully saturated rings. The lowest BCUT2D eigenvalue weighted by Gasteiger charge is -2.18. The lowest BCUT2D eigenvalue weighted by Crippen LogP contribution is -2.29. The molecule has 1 saturated heterocycles. The minimum atomic E-state index is 0.00215. The maximum atomic E-state index is 12.5. The second-order valence-electron chi connectivity index (χ2n) is 5.81. The number of carbonyl (C=O) groups excluding carboxylic acids is 1. The summed E-state index contributed by atoms with van der Waals surface area (Å²) in [6, 6.07) is 7.62. The first-order valence-electron chi connectivity index (χ1n) is 7.62. The topological polar surface area (TPSA) is 33.2 Å². The van der Waals surface area contributed by atoms with E-state index in [-0.39, 0.29) is 11.7 Å². The number of thiazole rings is 1. The first kappa shape index (κ1) is 15.7. The molecule has 3 rings (SSSR count). The molecule has 1 atom stereocenters. The van der Waals surface area contributed by atoms with Crippen molar-refractivity contribution in [1.82, 2.24) is 9.88 Å². The van der Waals surface area contributed by atoms with Crippen LogP contribution in [0.3, 0.4) is 0 Å². The molecule has 1 aliphatic rings. The van der Waals surface area contributed by atoms with E-state index >= 15 is 0 Å². The van der Waals surface area contributed by atoms with E-state index < -0.39 is 0 Å². The van der Waals surface area contributed by atoms with Crippen molar-refractivity contribution < 1.29 is 4.79 Å². The highest BCUT2D eigenvalue weighted by Gasteiger charge is 2.23. The first-order chi connectivity index (χ1) is 10.6. The Morgan fingerprint density at radius 3 is 2.68 bits per heavy atom. The number of ketones is 1. The Morgan fingerprint density at radius 1 is 1.32 bits per heavy atom. The van der Waals surface area contributed by atoms with Crippen LogP contribution < -0.4 is 0 Å². The summed E-state index contributed by atoms with van der Waals surface area (Å²) in [7, 11) is 0. The quantitative estimate of drug-likeness (QED) is 0.761. The highest BCUT2D eigenvalue weighted by Crippen LogP contribution is 2.28. The minimum Gasteiger partial charge on any atom is -0.303 e. The largest absolute Gasteiger partial charge is 0.303 e. The number of benzene rings is 1. The van der Waals surface area contributed by atoms with Crippen LogP contribution >= 0.6 is 22.9 Å². The van der Waals surface area contributed by atoms with Gasteiger partial charge in [-0.05, 0) is 43.6 Å². The summed E-state index contributed by atoms with van der Waals surface area (Å²) in [4.78, 5) is 20.2. The van der Waals surface area contributed by atoms with Crippen LogP contribution in [-0.4, -0.2) is 35.3 Å². The standard InChI is InChI=1S/C17H19ClN2OS/c1-12(11-20-8-2-3-9-20)16(21)17-19-10-15(22-17)13-4-6-14(18)7-5-13/h4-7,10,12H,2-3,8-9,11H2,1H3.